The van der Waals surface area contributed by atoms with E-state index < -0.39 is 0 Å². The van der Waals surface area contributed by atoms with E-state index >= 15 is 0 Å². The Morgan fingerprint density at radius 2 is 1.95 bits per heavy atom. The molecule has 0 saturated carbocycles. The third-order valence-electron chi connectivity index (χ3n) is 2.80. The molecule has 0 fully saturated rings. The van der Waals surface area contributed by atoms with E-state index in [9.17, 15) is 4.79 Å². The maximum absolute atomic E-state index is 12.1. The van der Waals surface area contributed by atoms with Crippen LogP contribution in [0.1, 0.15) is 5.56 Å². The van der Waals surface area contributed by atoms with Crippen LogP contribution < -0.4 is 5.69 Å². The molecule has 0 aliphatic carbocycles. The first kappa shape index (κ1) is 12.3. The summed E-state index contributed by atoms with van der Waals surface area (Å²) < 4.78 is 2.90. The second kappa shape index (κ2) is 4.72. The minimum Gasteiger partial charge on any atom is -0.250 e. The lowest BCUT2D eigenvalue weighted by Crippen LogP contribution is -2.21. The average molecular weight is 294 g/mol. The first-order chi connectivity index (χ1) is 9.15. The van der Waals surface area contributed by atoms with Gasteiger partial charge in [-0.2, -0.15) is 0 Å². The molecule has 6 heteroatoms. The molecule has 0 unspecified atom stereocenters. The number of pyridine rings is 1. The zero-order valence-corrected chi connectivity index (χ0v) is 11.3. The predicted octanol–water partition coefficient (Wildman–Crippen LogP) is 2.85. The van der Waals surface area contributed by atoms with Crippen molar-refractivity contribution in [3.05, 3.63) is 68.7 Å². The van der Waals surface area contributed by atoms with Crippen molar-refractivity contribution >= 4 is 28.8 Å². The third-order valence-corrected chi connectivity index (χ3v) is 3.54. The van der Waals surface area contributed by atoms with Crippen LogP contribution in [0.5, 0.6) is 0 Å². The van der Waals surface area contributed by atoms with E-state index in [4.69, 9.17) is 23.2 Å². The fourth-order valence-corrected chi connectivity index (χ4v) is 2.20. The lowest BCUT2D eigenvalue weighted by Gasteiger charge is -2.02. The zero-order chi connectivity index (χ0) is 13.4. The Labute approximate surface area is 118 Å². The number of fused-ring (bicyclic) bond motifs is 1. The summed E-state index contributed by atoms with van der Waals surface area (Å²) in [7, 11) is 0. The summed E-state index contributed by atoms with van der Waals surface area (Å²) in [5.74, 6) is 0. The standard InChI is InChI=1S/C13H9Cl2N3O/c14-10-5-4-9(7-11(10)15)8-18-13(19)17-6-2-1-3-12(17)16-18/h1-7H,8H2. The number of aromatic nitrogens is 3. The highest BCUT2D eigenvalue weighted by molar-refractivity contribution is 6.42. The maximum Gasteiger partial charge on any atom is 0.350 e. The molecule has 0 aliphatic heterocycles. The molecule has 96 valence electrons. The predicted molar refractivity (Wildman–Crippen MR) is 75.0 cm³/mol. The summed E-state index contributed by atoms with van der Waals surface area (Å²) in [6, 6.07) is 10.7. The molecule has 0 amide bonds. The van der Waals surface area contributed by atoms with Crippen LogP contribution >= 0.6 is 23.2 Å². The molecule has 3 aromatic rings. The molecular weight excluding hydrogens is 285 g/mol. The fourth-order valence-electron chi connectivity index (χ4n) is 1.88. The van der Waals surface area contributed by atoms with Gasteiger partial charge in [-0.1, -0.05) is 35.3 Å². The van der Waals surface area contributed by atoms with Crippen LogP contribution in [0.3, 0.4) is 0 Å². The Morgan fingerprint density at radius 3 is 2.68 bits per heavy atom. The van der Waals surface area contributed by atoms with Crippen molar-refractivity contribution in [2.75, 3.05) is 0 Å². The summed E-state index contributed by atoms with van der Waals surface area (Å²) in [6.07, 6.45) is 1.69. The van der Waals surface area contributed by atoms with Gasteiger partial charge in [0.25, 0.3) is 0 Å². The second-order valence-electron chi connectivity index (χ2n) is 4.12. The van der Waals surface area contributed by atoms with E-state index in [1.807, 2.05) is 12.1 Å². The first-order valence-electron chi connectivity index (χ1n) is 5.63. The van der Waals surface area contributed by atoms with Crippen LogP contribution in [0.2, 0.25) is 10.0 Å². The van der Waals surface area contributed by atoms with Gasteiger partial charge in [-0.3, -0.25) is 4.40 Å². The van der Waals surface area contributed by atoms with E-state index in [-0.39, 0.29) is 5.69 Å². The lowest BCUT2D eigenvalue weighted by molar-refractivity contribution is 0.659. The summed E-state index contributed by atoms with van der Waals surface area (Å²) >= 11 is 11.8. The van der Waals surface area contributed by atoms with E-state index in [0.29, 0.717) is 22.2 Å². The van der Waals surface area contributed by atoms with Gasteiger partial charge in [-0.25, -0.2) is 9.48 Å². The molecule has 0 N–H and O–H groups in total. The van der Waals surface area contributed by atoms with Crippen LogP contribution in [-0.4, -0.2) is 14.2 Å². The van der Waals surface area contributed by atoms with Crippen molar-refractivity contribution in [1.29, 1.82) is 0 Å². The molecule has 19 heavy (non-hydrogen) atoms. The largest absolute Gasteiger partial charge is 0.350 e. The van der Waals surface area contributed by atoms with Crippen LogP contribution in [0.4, 0.5) is 0 Å². The quantitative estimate of drug-likeness (QED) is 0.729. The van der Waals surface area contributed by atoms with Gasteiger partial charge in [0.1, 0.15) is 0 Å². The highest BCUT2D eigenvalue weighted by atomic mass is 35.5. The third kappa shape index (κ3) is 2.25. The van der Waals surface area contributed by atoms with Crippen LogP contribution in [0, 0.1) is 0 Å². The Bertz CT molecular complexity index is 807. The molecule has 0 saturated heterocycles. The van der Waals surface area contributed by atoms with E-state index in [1.165, 1.54) is 9.08 Å². The second-order valence-corrected chi connectivity index (χ2v) is 4.93. The highest BCUT2D eigenvalue weighted by Crippen LogP contribution is 2.22. The Morgan fingerprint density at radius 1 is 1.11 bits per heavy atom. The number of nitrogens with zero attached hydrogens (tertiary/aromatic N) is 3. The smallest absolute Gasteiger partial charge is 0.250 e. The number of halogens is 2. The van der Waals surface area contributed by atoms with Crippen LogP contribution in [0.15, 0.2) is 47.4 Å². The van der Waals surface area contributed by atoms with Gasteiger partial charge < -0.3 is 0 Å². The number of hydrogen-bond acceptors (Lipinski definition) is 2. The summed E-state index contributed by atoms with van der Waals surface area (Å²) in [6.45, 7) is 0.359. The zero-order valence-electron chi connectivity index (χ0n) is 9.75. The van der Waals surface area contributed by atoms with Gasteiger partial charge in [0.2, 0.25) is 0 Å². The van der Waals surface area contributed by atoms with E-state index in [2.05, 4.69) is 5.10 Å². The Kier molecular flexibility index (Phi) is 3.05. The molecule has 3 rings (SSSR count). The summed E-state index contributed by atoms with van der Waals surface area (Å²) in [5, 5.41) is 5.21. The van der Waals surface area contributed by atoms with Crippen LogP contribution in [-0.2, 0) is 6.54 Å². The molecule has 2 heterocycles. The fraction of sp³-hybridized carbons (Fsp3) is 0.0769. The van der Waals surface area contributed by atoms with Gasteiger partial charge in [0.15, 0.2) is 5.65 Å². The Hall–Kier alpha value is -1.78. The van der Waals surface area contributed by atoms with Crippen molar-refractivity contribution in [2.45, 2.75) is 6.54 Å². The molecule has 2 aromatic heterocycles. The average Bonchev–Trinajstić information content (AvgIpc) is 2.72. The molecule has 0 bridgehead atoms. The van der Waals surface area contributed by atoms with Crippen molar-refractivity contribution in [2.24, 2.45) is 0 Å². The number of benzene rings is 1. The minimum atomic E-state index is -0.179. The molecule has 0 aliphatic rings. The van der Waals surface area contributed by atoms with Gasteiger partial charge in [-0.15, -0.1) is 5.10 Å². The monoisotopic (exact) mass is 293 g/mol. The van der Waals surface area contributed by atoms with E-state index in [1.54, 1.807) is 30.5 Å². The molecule has 1 aromatic carbocycles. The summed E-state index contributed by atoms with van der Waals surface area (Å²) in [5.41, 5.74) is 1.31. The maximum atomic E-state index is 12.1. The normalized spacial score (nSPS) is 11.1. The molecule has 0 atom stereocenters. The van der Waals surface area contributed by atoms with Crippen molar-refractivity contribution in [3.63, 3.8) is 0 Å². The number of hydrogen-bond donors (Lipinski definition) is 0. The number of rotatable bonds is 2. The van der Waals surface area contributed by atoms with Gasteiger partial charge >= 0.3 is 5.69 Å². The SMILES string of the molecule is O=c1n(Cc2ccc(Cl)c(Cl)c2)nc2ccccn12. The molecule has 4 nitrogen and oxygen atoms in total. The van der Waals surface area contributed by atoms with Gasteiger partial charge in [0.05, 0.1) is 16.6 Å². The van der Waals surface area contributed by atoms with Crippen molar-refractivity contribution < 1.29 is 0 Å². The first-order valence-corrected chi connectivity index (χ1v) is 6.39. The van der Waals surface area contributed by atoms with Gasteiger partial charge in [0, 0.05) is 6.20 Å². The highest BCUT2D eigenvalue weighted by Gasteiger charge is 2.07. The molecule has 0 radical (unpaired) electrons. The van der Waals surface area contributed by atoms with Crippen molar-refractivity contribution in [1.82, 2.24) is 14.2 Å². The Balaban J connectivity index is 2.03. The topological polar surface area (TPSA) is 39.3 Å². The lowest BCUT2D eigenvalue weighted by atomic mass is 10.2. The summed E-state index contributed by atoms with van der Waals surface area (Å²) in [4.78, 5) is 12.1. The van der Waals surface area contributed by atoms with Gasteiger partial charge in [-0.05, 0) is 29.8 Å². The van der Waals surface area contributed by atoms with E-state index in [0.717, 1.165) is 5.56 Å². The molecule has 0 spiro atoms. The molecular formula is C13H9Cl2N3O. The van der Waals surface area contributed by atoms with Crippen molar-refractivity contribution in [3.8, 4) is 0 Å². The minimum absolute atomic E-state index is 0.179. The van der Waals surface area contributed by atoms with Crippen LogP contribution in [0.25, 0.3) is 5.65 Å².